The van der Waals surface area contributed by atoms with Gasteiger partial charge in [0, 0.05) is 18.1 Å². The normalized spacial score (nSPS) is 31.3. The molecule has 3 aliphatic rings. The van der Waals surface area contributed by atoms with Crippen molar-refractivity contribution in [3.05, 3.63) is 29.3 Å². The zero-order valence-electron chi connectivity index (χ0n) is 13.2. The highest BCUT2D eigenvalue weighted by atomic mass is 16.5. The molecule has 1 aromatic carbocycles. The first kappa shape index (κ1) is 13.6. The first-order valence-electron chi connectivity index (χ1n) is 8.59. The minimum Gasteiger partial charge on any atom is -0.487 e. The lowest BCUT2D eigenvalue weighted by molar-refractivity contribution is -0.116. The van der Waals surface area contributed by atoms with Gasteiger partial charge in [0.05, 0.1) is 6.10 Å². The molecule has 2 aliphatic heterocycles. The summed E-state index contributed by atoms with van der Waals surface area (Å²) in [7, 11) is 0. The first-order valence-corrected chi connectivity index (χ1v) is 8.59. The summed E-state index contributed by atoms with van der Waals surface area (Å²) in [5.41, 5.74) is 2.69. The molecule has 4 rings (SSSR count). The molecule has 0 N–H and O–H groups in total. The molecule has 2 heterocycles. The Bertz CT molecular complexity index is 528. The molecule has 0 spiro atoms. The SMILES string of the molecule is CC1(C)Oc2ccc(C3CCCC3)cc2C2OCCCC21. The van der Waals surface area contributed by atoms with Crippen LogP contribution in [0.3, 0.4) is 0 Å². The molecule has 21 heavy (non-hydrogen) atoms. The Morgan fingerprint density at radius 1 is 1.05 bits per heavy atom. The smallest absolute Gasteiger partial charge is 0.125 e. The van der Waals surface area contributed by atoms with Crippen LogP contribution in [0.25, 0.3) is 0 Å². The molecule has 1 saturated heterocycles. The molecule has 2 nitrogen and oxygen atoms in total. The van der Waals surface area contributed by atoms with Crippen LogP contribution in [0.2, 0.25) is 0 Å². The van der Waals surface area contributed by atoms with Crippen LogP contribution in [0.15, 0.2) is 18.2 Å². The van der Waals surface area contributed by atoms with Crippen molar-refractivity contribution in [2.45, 2.75) is 70.0 Å². The van der Waals surface area contributed by atoms with Crippen molar-refractivity contribution in [2.75, 3.05) is 6.61 Å². The summed E-state index contributed by atoms with van der Waals surface area (Å²) in [6.45, 7) is 5.32. The van der Waals surface area contributed by atoms with E-state index < -0.39 is 0 Å². The van der Waals surface area contributed by atoms with Crippen molar-refractivity contribution in [3.8, 4) is 5.75 Å². The Hall–Kier alpha value is -1.02. The molecule has 2 atom stereocenters. The van der Waals surface area contributed by atoms with Gasteiger partial charge in [0.15, 0.2) is 0 Å². The Kier molecular flexibility index (Phi) is 3.25. The third kappa shape index (κ3) is 2.28. The maximum absolute atomic E-state index is 6.33. The molecule has 0 amide bonds. The van der Waals surface area contributed by atoms with E-state index in [2.05, 4.69) is 32.0 Å². The molecule has 1 aromatic rings. The van der Waals surface area contributed by atoms with Crippen molar-refractivity contribution in [1.29, 1.82) is 0 Å². The van der Waals surface area contributed by atoms with E-state index in [1.807, 2.05) is 0 Å². The summed E-state index contributed by atoms with van der Waals surface area (Å²) in [4.78, 5) is 0. The fourth-order valence-electron chi connectivity index (χ4n) is 4.55. The topological polar surface area (TPSA) is 18.5 Å². The third-order valence-corrected chi connectivity index (χ3v) is 5.76. The zero-order chi connectivity index (χ0) is 14.4. The highest BCUT2D eigenvalue weighted by molar-refractivity contribution is 5.43. The van der Waals surface area contributed by atoms with E-state index in [4.69, 9.17) is 9.47 Å². The van der Waals surface area contributed by atoms with Crippen LogP contribution < -0.4 is 4.74 Å². The van der Waals surface area contributed by atoms with Gasteiger partial charge in [0.25, 0.3) is 0 Å². The largest absolute Gasteiger partial charge is 0.487 e. The molecule has 2 fully saturated rings. The van der Waals surface area contributed by atoms with E-state index in [0.717, 1.165) is 24.7 Å². The van der Waals surface area contributed by atoms with Crippen LogP contribution in [0, 0.1) is 5.92 Å². The minimum absolute atomic E-state index is 0.118. The van der Waals surface area contributed by atoms with Gasteiger partial charge in [0.1, 0.15) is 11.4 Å². The molecule has 0 aromatic heterocycles. The predicted molar refractivity (Wildman–Crippen MR) is 83.8 cm³/mol. The highest BCUT2D eigenvalue weighted by Crippen LogP contribution is 2.50. The van der Waals surface area contributed by atoms with Crippen LogP contribution in [0.5, 0.6) is 5.75 Å². The van der Waals surface area contributed by atoms with E-state index in [1.165, 1.54) is 43.2 Å². The average molecular weight is 286 g/mol. The van der Waals surface area contributed by atoms with Crippen molar-refractivity contribution < 1.29 is 9.47 Å². The second kappa shape index (κ2) is 5.01. The molecular formula is C19H26O2. The summed E-state index contributed by atoms with van der Waals surface area (Å²) >= 11 is 0. The lowest BCUT2D eigenvalue weighted by atomic mass is 9.75. The number of ether oxygens (including phenoxy) is 2. The van der Waals surface area contributed by atoms with Gasteiger partial charge in [-0.25, -0.2) is 0 Å². The molecule has 2 unspecified atom stereocenters. The van der Waals surface area contributed by atoms with E-state index in [-0.39, 0.29) is 11.7 Å². The molecule has 1 saturated carbocycles. The van der Waals surface area contributed by atoms with Crippen LogP contribution in [-0.4, -0.2) is 12.2 Å². The monoisotopic (exact) mass is 286 g/mol. The van der Waals surface area contributed by atoms with Crippen LogP contribution in [0.1, 0.15) is 75.5 Å². The summed E-state index contributed by atoms with van der Waals surface area (Å²) in [5, 5.41) is 0. The lowest BCUT2D eigenvalue weighted by Gasteiger charge is -2.47. The third-order valence-electron chi connectivity index (χ3n) is 5.76. The average Bonchev–Trinajstić information content (AvgIpc) is 3.01. The van der Waals surface area contributed by atoms with Crippen molar-refractivity contribution in [1.82, 2.24) is 0 Å². The summed E-state index contributed by atoms with van der Waals surface area (Å²) in [5.74, 6) is 2.29. The van der Waals surface area contributed by atoms with Gasteiger partial charge >= 0.3 is 0 Å². The van der Waals surface area contributed by atoms with Crippen LogP contribution in [0.4, 0.5) is 0 Å². The zero-order valence-corrected chi connectivity index (χ0v) is 13.2. The van der Waals surface area contributed by atoms with Crippen molar-refractivity contribution in [3.63, 3.8) is 0 Å². The van der Waals surface area contributed by atoms with Crippen molar-refractivity contribution >= 4 is 0 Å². The van der Waals surface area contributed by atoms with Gasteiger partial charge in [-0.3, -0.25) is 0 Å². The fraction of sp³-hybridized carbons (Fsp3) is 0.684. The van der Waals surface area contributed by atoms with Crippen molar-refractivity contribution in [2.24, 2.45) is 5.92 Å². The molecule has 114 valence electrons. The number of fused-ring (bicyclic) bond motifs is 3. The van der Waals surface area contributed by atoms with Gasteiger partial charge in [-0.15, -0.1) is 0 Å². The van der Waals surface area contributed by atoms with Crippen LogP contribution >= 0.6 is 0 Å². The standard InChI is InChI=1S/C19H26O2/c1-19(2)16-8-5-11-20-18(16)15-12-14(9-10-17(15)21-19)13-6-3-4-7-13/h9-10,12-13,16,18H,3-8,11H2,1-2H3. The quantitative estimate of drug-likeness (QED) is 0.724. The first-order chi connectivity index (χ1) is 10.1. The Labute approximate surface area is 127 Å². The van der Waals surface area contributed by atoms with Crippen LogP contribution in [-0.2, 0) is 4.74 Å². The summed E-state index contributed by atoms with van der Waals surface area (Å²) in [6, 6.07) is 6.87. The summed E-state index contributed by atoms with van der Waals surface area (Å²) in [6.07, 6.45) is 8.07. The minimum atomic E-state index is -0.118. The molecule has 2 heteroatoms. The molecule has 0 radical (unpaired) electrons. The fourth-order valence-corrected chi connectivity index (χ4v) is 4.55. The van der Waals surface area contributed by atoms with E-state index >= 15 is 0 Å². The van der Waals surface area contributed by atoms with Gasteiger partial charge in [0.2, 0.25) is 0 Å². The maximum Gasteiger partial charge on any atom is 0.125 e. The number of rotatable bonds is 1. The Balaban J connectivity index is 1.73. The van der Waals surface area contributed by atoms with E-state index in [1.54, 1.807) is 0 Å². The summed E-state index contributed by atoms with van der Waals surface area (Å²) < 4.78 is 12.5. The second-order valence-electron chi connectivity index (χ2n) is 7.52. The van der Waals surface area contributed by atoms with E-state index in [0.29, 0.717) is 5.92 Å². The number of hydrogen-bond donors (Lipinski definition) is 0. The molecular weight excluding hydrogens is 260 g/mol. The van der Waals surface area contributed by atoms with Gasteiger partial charge in [-0.1, -0.05) is 18.9 Å². The maximum atomic E-state index is 6.33. The lowest BCUT2D eigenvalue weighted by Crippen LogP contribution is -2.47. The van der Waals surface area contributed by atoms with Gasteiger partial charge in [-0.2, -0.15) is 0 Å². The molecule has 1 aliphatic carbocycles. The highest BCUT2D eigenvalue weighted by Gasteiger charge is 2.45. The number of benzene rings is 1. The van der Waals surface area contributed by atoms with E-state index in [9.17, 15) is 0 Å². The van der Waals surface area contributed by atoms with Gasteiger partial charge in [-0.05, 0) is 63.1 Å². The van der Waals surface area contributed by atoms with Gasteiger partial charge < -0.3 is 9.47 Å². The Morgan fingerprint density at radius 2 is 1.86 bits per heavy atom. The molecule has 0 bridgehead atoms. The second-order valence-corrected chi connectivity index (χ2v) is 7.52. The Morgan fingerprint density at radius 3 is 2.67 bits per heavy atom. The predicted octanol–water partition coefficient (Wildman–Crippen LogP) is 4.98. The number of hydrogen-bond acceptors (Lipinski definition) is 2.